The number of rotatable bonds is 9. The first-order valence-corrected chi connectivity index (χ1v) is 10.5. The summed E-state index contributed by atoms with van der Waals surface area (Å²) in [6.07, 6.45) is 0. The second-order valence-corrected chi connectivity index (χ2v) is 9.30. The molecule has 0 aliphatic heterocycles. The molecule has 0 radical (unpaired) electrons. The standard InChI is InChI=1S/C18H28ClNO4S/c1-6-25(22,23)24-16-9-7-8-15(10-16)12-20(11-14(2)3)17(21)18(4,5)13-19/h7-10,14H,6,11-13H2,1-5H3. The Bertz CT molecular complexity index is 686. The van der Waals surface area contributed by atoms with Crippen LogP contribution in [0.4, 0.5) is 0 Å². The summed E-state index contributed by atoms with van der Waals surface area (Å²) in [7, 11) is -3.58. The number of benzene rings is 1. The monoisotopic (exact) mass is 389 g/mol. The molecule has 1 rings (SSSR count). The summed E-state index contributed by atoms with van der Waals surface area (Å²) in [5.41, 5.74) is 0.152. The van der Waals surface area contributed by atoms with E-state index in [9.17, 15) is 13.2 Å². The van der Waals surface area contributed by atoms with Crippen LogP contribution in [0.2, 0.25) is 0 Å². The van der Waals surface area contributed by atoms with Crippen molar-refractivity contribution in [2.45, 2.75) is 41.2 Å². The van der Waals surface area contributed by atoms with Gasteiger partial charge < -0.3 is 9.08 Å². The maximum absolute atomic E-state index is 12.8. The number of hydrogen-bond acceptors (Lipinski definition) is 4. The van der Waals surface area contributed by atoms with Crippen molar-refractivity contribution >= 4 is 27.6 Å². The van der Waals surface area contributed by atoms with Crippen molar-refractivity contribution in [3.8, 4) is 5.75 Å². The topological polar surface area (TPSA) is 63.7 Å². The van der Waals surface area contributed by atoms with Crippen molar-refractivity contribution < 1.29 is 17.4 Å². The van der Waals surface area contributed by atoms with Crippen LogP contribution >= 0.6 is 11.6 Å². The lowest BCUT2D eigenvalue weighted by Crippen LogP contribution is -2.43. The normalized spacial score (nSPS) is 12.3. The van der Waals surface area contributed by atoms with Crippen LogP contribution in [-0.2, 0) is 21.5 Å². The summed E-state index contributed by atoms with van der Waals surface area (Å²) in [5, 5.41) is 0. The molecule has 7 heteroatoms. The summed E-state index contributed by atoms with van der Waals surface area (Å²) in [4.78, 5) is 14.6. The molecule has 0 aliphatic carbocycles. The molecule has 0 aromatic heterocycles. The van der Waals surface area contributed by atoms with Gasteiger partial charge in [0.2, 0.25) is 5.91 Å². The van der Waals surface area contributed by atoms with E-state index in [1.54, 1.807) is 23.1 Å². The number of halogens is 1. The number of amides is 1. The van der Waals surface area contributed by atoms with Crippen LogP contribution in [0.3, 0.4) is 0 Å². The van der Waals surface area contributed by atoms with Gasteiger partial charge in [0.25, 0.3) is 0 Å². The molecule has 1 amide bonds. The quantitative estimate of drug-likeness (QED) is 0.477. The van der Waals surface area contributed by atoms with Gasteiger partial charge >= 0.3 is 10.1 Å². The zero-order valence-corrected chi connectivity index (χ0v) is 17.2. The highest BCUT2D eigenvalue weighted by Gasteiger charge is 2.31. The molecule has 0 saturated heterocycles. The molecule has 1 aromatic rings. The molecule has 1 aromatic carbocycles. The fraction of sp³-hybridized carbons (Fsp3) is 0.611. The molecule has 0 aliphatic rings. The van der Waals surface area contributed by atoms with Crippen LogP contribution < -0.4 is 4.18 Å². The number of nitrogens with zero attached hydrogens (tertiary/aromatic N) is 1. The highest BCUT2D eigenvalue weighted by Crippen LogP contribution is 2.24. The van der Waals surface area contributed by atoms with Gasteiger partial charge in [-0.15, -0.1) is 11.6 Å². The lowest BCUT2D eigenvalue weighted by Gasteiger charge is -2.32. The minimum Gasteiger partial charge on any atom is -0.382 e. The fourth-order valence-corrected chi connectivity index (χ4v) is 2.90. The van der Waals surface area contributed by atoms with Crippen molar-refractivity contribution in [3.63, 3.8) is 0 Å². The third kappa shape index (κ3) is 6.86. The van der Waals surface area contributed by atoms with Crippen LogP contribution in [-0.4, -0.2) is 37.4 Å². The Balaban J connectivity index is 3.03. The lowest BCUT2D eigenvalue weighted by molar-refractivity contribution is -0.140. The third-order valence-electron chi connectivity index (χ3n) is 3.63. The lowest BCUT2D eigenvalue weighted by atomic mass is 9.93. The predicted octanol–water partition coefficient (Wildman–Crippen LogP) is 3.66. The van der Waals surface area contributed by atoms with Gasteiger partial charge in [-0.3, -0.25) is 4.79 Å². The molecular weight excluding hydrogens is 362 g/mol. The fourth-order valence-electron chi connectivity index (χ4n) is 2.27. The van der Waals surface area contributed by atoms with Gasteiger partial charge in [-0.2, -0.15) is 8.42 Å². The number of alkyl halides is 1. The maximum atomic E-state index is 12.8. The number of hydrogen-bond donors (Lipinski definition) is 0. The molecular formula is C18H28ClNO4S. The van der Waals surface area contributed by atoms with E-state index in [1.165, 1.54) is 6.92 Å². The average molecular weight is 390 g/mol. The predicted molar refractivity (Wildman–Crippen MR) is 101 cm³/mol. The summed E-state index contributed by atoms with van der Waals surface area (Å²) in [5.74, 6) is 0.670. The first kappa shape index (κ1) is 21.8. The maximum Gasteiger partial charge on any atom is 0.308 e. The molecule has 0 atom stereocenters. The van der Waals surface area contributed by atoms with E-state index in [1.807, 2.05) is 33.8 Å². The summed E-state index contributed by atoms with van der Waals surface area (Å²) in [6, 6.07) is 6.82. The van der Waals surface area contributed by atoms with E-state index >= 15 is 0 Å². The molecule has 25 heavy (non-hydrogen) atoms. The molecule has 0 saturated carbocycles. The van der Waals surface area contributed by atoms with Gasteiger partial charge in [0.1, 0.15) is 5.75 Å². The largest absolute Gasteiger partial charge is 0.382 e. The van der Waals surface area contributed by atoms with Crippen LogP contribution in [0, 0.1) is 11.3 Å². The molecule has 0 heterocycles. The highest BCUT2D eigenvalue weighted by molar-refractivity contribution is 7.87. The molecule has 0 unspecified atom stereocenters. The van der Waals surface area contributed by atoms with E-state index in [4.69, 9.17) is 15.8 Å². The zero-order valence-electron chi connectivity index (χ0n) is 15.6. The minimum atomic E-state index is -3.58. The summed E-state index contributed by atoms with van der Waals surface area (Å²) < 4.78 is 28.3. The van der Waals surface area contributed by atoms with Crippen LogP contribution in [0.25, 0.3) is 0 Å². The van der Waals surface area contributed by atoms with Crippen molar-refractivity contribution in [3.05, 3.63) is 29.8 Å². The van der Waals surface area contributed by atoms with Crippen molar-refractivity contribution in [2.75, 3.05) is 18.2 Å². The van der Waals surface area contributed by atoms with Crippen molar-refractivity contribution in [1.82, 2.24) is 4.90 Å². The van der Waals surface area contributed by atoms with Crippen molar-refractivity contribution in [1.29, 1.82) is 0 Å². The number of carbonyl (C=O) groups is 1. The Morgan fingerprint density at radius 2 is 1.96 bits per heavy atom. The minimum absolute atomic E-state index is 0.0244. The van der Waals surface area contributed by atoms with Gasteiger partial charge in [-0.25, -0.2) is 0 Å². The average Bonchev–Trinajstić information content (AvgIpc) is 2.53. The molecule has 0 fully saturated rings. The van der Waals surface area contributed by atoms with Crippen LogP contribution in [0.1, 0.15) is 40.2 Å². The van der Waals surface area contributed by atoms with Gasteiger partial charge in [0.15, 0.2) is 0 Å². The SMILES string of the molecule is CCS(=O)(=O)Oc1cccc(CN(CC(C)C)C(=O)C(C)(C)CCl)c1. The van der Waals surface area contributed by atoms with Gasteiger partial charge in [-0.1, -0.05) is 26.0 Å². The first-order valence-electron chi connectivity index (χ1n) is 8.37. The van der Waals surface area contributed by atoms with Gasteiger partial charge in [0, 0.05) is 19.0 Å². The molecule has 0 bridgehead atoms. The Morgan fingerprint density at radius 1 is 1.32 bits per heavy atom. The van der Waals surface area contributed by atoms with E-state index in [0.717, 1.165) is 5.56 Å². The number of carbonyl (C=O) groups excluding carboxylic acids is 1. The third-order valence-corrected chi connectivity index (χ3v) is 5.46. The highest BCUT2D eigenvalue weighted by atomic mass is 35.5. The van der Waals surface area contributed by atoms with Gasteiger partial charge in [-0.05, 0) is 44.4 Å². The van der Waals surface area contributed by atoms with Crippen LogP contribution in [0.5, 0.6) is 5.75 Å². The van der Waals surface area contributed by atoms with Gasteiger partial charge in [0.05, 0.1) is 11.2 Å². The second kappa shape index (κ2) is 8.90. The van der Waals surface area contributed by atoms with Crippen LogP contribution in [0.15, 0.2) is 24.3 Å². The van der Waals surface area contributed by atoms with E-state index < -0.39 is 15.5 Å². The van der Waals surface area contributed by atoms with E-state index in [0.29, 0.717) is 19.0 Å². The second-order valence-electron chi connectivity index (χ2n) is 7.17. The van der Waals surface area contributed by atoms with E-state index in [-0.39, 0.29) is 23.3 Å². The zero-order chi connectivity index (χ0) is 19.3. The molecule has 5 nitrogen and oxygen atoms in total. The smallest absolute Gasteiger partial charge is 0.308 e. The first-order chi connectivity index (χ1) is 11.5. The Labute approximate surface area is 156 Å². The molecule has 0 N–H and O–H groups in total. The van der Waals surface area contributed by atoms with E-state index in [2.05, 4.69) is 0 Å². The Hall–Kier alpha value is -1.27. The summed E-state index contributed by atoms with van der Waals surface area (Å²) >= 11 is 5.95. The molecule has 0 spiro atoms. The Morgan fingerprint density at radius 3 is 2.48 bits per heavy atom. The van der Waals surface area contributed by atoms with Crippen molar-refractivity contribution in [2.24, 2.45) is 11.3 Å². The molecule has 142 valence electrons. The Kier molecular flexibility index (Phi) is 7.75. The summed E-state index contributed by atoms with van der Waals surface area (Å²) in [6.45, 7) is 10.2.